The fourth-order valence-corrected chi connectivity index (χ4v) is 5.05. The second-order valence-electron chi connectivity index (χ2n) is 9.78. The van der Waals surface area contributed by atoms with Crippen molar-refractivity contribution in [3.05, 3.63) is 71.0 Å². The molecule has 2 saturated heterocycles. The Morgan fingerprint density at radius 2 is 1.80 bits per heavy atom. The highest BCUT2D eigenvalue weighted by molar-refractivity contribution is 5.94. The summed E-state index contributed by atoms with van der Waals surface area (Å²) < 4.78 is 53.3. The average molecular weight is 492 g/mol. The summed E-state index contributed by atoms with van der Waals surface area (Å²) in [4.78, 5) is 29.6. The van der Waals surface area contributed by atoms with Crippen molar-refractivity contribution < 1.29 is 27.2 Å². The van der Waals surface area contributed by atoms with E-state index in [0.29, 0.717) is 37.9 Å². The van der Waals surface area contributed by atoms with Crippen molar-refractivity contribution in [3.63, 3.8) is 0 Å². The third-order valence-corrected chi connectivity index (χ3v) is 6.78. The number of nitrogens with one attached hydrogen (secondary N) is 1. The topological polar surface area (TPSA) is 52.7 Å². The molecule has 2 aromatic rings. The highest BCUT2D eigenvalue weighted by Crippen LogP contribution is 2.36. The number of alkyl halides is 3. The molecule has 2 aliphatic heterocycles. The number of rotatable bonds is 5. The van der Waals surface area contributed by atoms with Crippen LogP contribution in [-0.2, 0) is 17.5 Å². The molecule has 0 unspecified atom stereocenters. The summed E-state index contributed by atoms with van der Waals surface area (Å²) >= 11 is 0. The van der Waals surface area contributed by atoms with E-state index >= 15 is 0 Å². The maximum atomic E-state index is 13.6. The van der Waals surface area contributed by atoms with Gasteiger partial charge in [0.1, 0.15) is 5.82 Å². The van der Waals surface area contributed by atoms with E-state index < -0.39 is 29.3 Å². The number of piperidine rings is 1. The Morgan fingerprint density at radius 3 is 2.43 bits per heavy atom. The molecule has 4 rings (SSSR count). The van der Waals surface area contributed by atoms with Crippen molar-refractivity contribution >= 4 is 11.8 Å². The molecule has 2 aliphatic rings. The lowest BCUT2D eigenvalue weighted by Crippen LogP contribution is -2.59. The number of hydrogen-bond acceptors (Lipinski definition) is 3. The smallest absolute Gasteiger partial charge is 0.338 e. The molecule has 188 valence electrons. The zero-order chi connectivity index (χ0) is 25.4. The van der Waals surface area contributed by atoms with Gasteiger partial charge in [-0.15, -0.1) is 0 Å². The van der Waals surface area contributed by atoms with E-state index in [1.807, 2.05) is 13.8 Å². The Kier molecular flexibility index (Phi) is 6.90. The summed E-state index contributed by atoms with van der Waals surface area (Å²) in [7, 11) is 0. The first-order valence-corrected chi connectivity index (χ1v) is 11.8. The molecule has 1 spiro atoms. The molecule has 0 bridgehead atoms. The number of likely N-dealkylation sites (tertiary alicyclic amines) is 1. The average Bonchev–Trinajstić information content (AvgIpc) is 3.03. The molecular formula is C26H29F4N3O2. The van der Waals surface area contributed by atoms with Crippen LogP contribution in [0.4, 0.5) is 17.6 Å². The molecule has 2 aromatic carbocycles. The minimum atomic E-state index is -4.47. The number of halogens is 4. The van der Waals surface area contributed by atoms with Gasteiger partial charge in [0.25, 0.3) is 5.91 Å². The summed E-state index contributed by atoms with van der Waals surface area (Å²) in [5.74, 6) is -0.666. The van der Waals surface area contributed by atoms with Crippen LogP contribution in [0, 0.1) is 11.7 Å². The van der Waals surface area contributed by atoms with Gasteiger partial charge in [-0.1, -0.05) is 32.0 Å². The second kappa shape index (κ2) is 9.60. The molecule has 2 amide bonds. The van der Waals surface area contributed by atoms with Crippen LogP contribution in [0.2, 0.25) is 0 Å². The third kappa shape index (κ3) is 5.34. The van der Waals surface area contributed by atoms with Gasteiger partial charge < -0.3 is 9.80 Å². The number of benzene rings is 2. The summed E-state index contributed by atoms with van der Waals surface area (Å²) in [6, 6.07) is 10.1. The lowest BCUT2D eigenvalue weighted by atomic mass is 9.94. The Morgan fingerprint density at radius 1 is 1.11 bits per heavy atom. The SMILES string of the molecule is CC(C)C[C@@H]1NC2(CCN(C(=O)c3cccc(F)c3)CC2)N(Cc2cccc(C(F)(F)F)c2)C1=O. The minimum Gasteiger partial charge on any atom is -0.338 e. The molecular weight excluding hydrogens is 462 g/mol. The lowest BCUT2D eigenvalue weighted by Gasteiger charge is -2.44. The van der Waals surface area contributed by atoms with E-state index in [-0.39, 0.29) is 29.8 Å². The van der Waals surface area contributed by atoms with Crippen LogP contribution < -0.4 is 5.32 Å². The number of carbonyl (C=O) groups excluding carboxylic acids is 2. The highest BCUT2D eigenvalue weighted by Gasteiger charge is 2.51. The fourth-order valence-electron chi connectivity index (χ4n) is 5.05. The van der Waals surface area contributed by atoms with E-state index in [2.05, 4.69) is 5.32 Å². The van der Waals surface area contributed by atoms with Crippen LogP contribution >= 0.6 is 0 Å². The van der Waals surface area contributed by atoms with Gasteiger partial charge in [0, 0.05) is 38.0 Å². The fraction of sp³-hybridized carbons (Fsp3) is 0.462. The maximum Gasteiger partial charge on any atom is 0.416 e. The van der Waals surface area contributed by atoms with Gasteiger partial charge in [0.05, 0.1) is 17.3 Å². The van der Waals surface area contributed by atoms with E-state index in [1.165, 1.54) is 24.3 Å². The molecule has 2 fully saturated rings. The van der Waals surface area contributed by atoms with Crippen molar-refractivity contribution in [2.24, 2.45) is 5.92 Å². The van der Waals surface area contributed by atoms with Gasteiger partial charge in [0.15, 0.2) is 0 Å². The van der Waals surface area contributed by atoms with Crippen molar-refractivity contribution in [2.75, 3.05) is 13.1 Å². The zero-order valence-electron chi connectivity index (χ0n) is 19.7. The molecule has 0 aliphatic carbocycles. The lowest BCUT2D eigenvalue weighted by molar-refractivity contribution is -0.137. The van der Waals surface area contributed by atoms with Gasteiger partial charge >= 0.3 is 6.18 Å². The first kappa shape index (κ1) is 25.2. The first-order valence-electron chi connectivity index (χ1n) is 11.8. The second-order valence-corrected chi connectivity index (χ2v) is 9.78. The summed E-state index contributed by atoms with van der Waals surface area (Å²) in [6.07, 6.45) is -3.02. The first-order chi connectivity index (χ1) is 16.5. The predicted octanol–water partition coefficient (Wildman–Crippen LogP) is 4.82. The van der Waals surface area contributed by atoms with Gasteiger partial charge in [-0.3, -0.25) is 14.9 Å². The van der Waals surface area contributed by atoms with Gasteiger partial charge in [-0.25, -0.2) is 4.39 Å². The van der Waals surface area contributed by atoms with Crippen molar-refractivity contribution in [1.82, 2.24) is 15.1 Å². The molecule has 5 nitrogen and oxygen atoms in total. The van der Waals surface area contributed by atoms with Crippen LogP contribution in [0.5, 0.6) is 0 Å². The highest BCUT2D eigenvalue weighted by atomic mass is 19.4. The Hall–Kier alpha value is -2.94. The number of nitrogens with zero attached hydrogens (tertiary/aromatic N) is 2. The quantitative estimate of drug-likeness (QED) is 0.610. The van der Waals surface area contributed by atoms with Crippen LogP contribution in [0.3, 0.4) is 0 Å². The molecule has 2 heterocycles. The summed E-state index contributed by atoms with van der Waals surface area (Å²) in [5.41, 5.74) is -0.852. The van der Waals surface area contributed by atoms with Gasteiger partial charge in [-0.05, 0) is 48.2 Å². The normalized spacial score (nSPS) is 20.2. The summed E-state index contributed by atoms with van der Waals surface area (Å²) in [6.45, 7) is 4.74. The van der Waals surface area contributed by atoms with Crippen LogP contribution in [0.25, 0.3) is 0 Å². The number of carbonyl (C=O) groups is 2. The molecule has 1 atom stereocenters. The van der Waals surface area contributed by atoms with Crippen molar-refractivity contribution in [1.29, 1.82) is 0 Å². The predicted molar refractivity (Wildman–Crippen MR) is 123 cm³/mol. The monoisotopic (exact) mass is 491 g/mol. The van der Waals surface area contributed by atoms with E-state index in [1.54, 1.807) is 21.9 Å². The Bertz CT molecular complexity index is 1090. The number of amides is 2. The van der Waals surface area contributed by atoms with Gasteiger partial charge in [0.2, 0.25) is 5.91 Å². The molecule has 9 heteroatoms. The zero-order valence-corrected chi connectivity index (χ0v) is 19.7. The number of hydrogen-bond donors (Lipinski definition) is 1. The van der Waals surface area contributed by atoms with Crippen molar-refractivity contribution in [3.8, 4) is 0 Å². The largest absolute Gasteiger partial charge is 0.416 e. The third-order valence-electron chi connectivity index (χ3n) is 6.78. The van der Waals surface area contributed by atoms with Crippen LogP contribution in [-0.4, -0.2) is 46.4 Å². The molecule has 35 heavy (non-hydrogen) atoms. The molecule has 1 N–H and O–H groups in total. The van der Waals surface area contributed by atoms with E-state index in [4.69, 9.17) is 0 Å². The standard InChI is InChI=1S/C26H29F4N3O2/c1-17(2)13-22-24(35)33(16-18-5-3-7-20(14-18)26(28,29)30)25(31-22)9-11-32(12-10-25)23(34)19-6-4-8-21(27)15-19/h3-8,14-15,17,22,31H,9-13,16H2,1-2H3/t22-/m0/s1. The molecule has 0 radical (unpaired) electrons. The van der Waals surface area contributed by atoms with E-state index in [0.717, 1.165) is 12.1 Å². The van der Waals surface area contributed by atoms with Crippen molar-refractivity contribution in [2.45, 2.75) is 57.5 Å². The van der Waals surface area contributed by atoms with E-state index in [9.17, 15) is 27.2 Å². The van der Waals surface area contributed by atoms with Crippen LogP contribution in [0.1, 0.15) is 54.6 Å². The summed E-state index contributed by atoms with van der Waals surface area (Å²) in [5, 5.41) is 3.47. The Labute approximate surface area is 202 Å². The molecule has 0 aromatic heterocycles. The maximum absolute atomic E-state index is 13.6. The molecule has 0 saturated carbocycles. The van der Waals surface area contributed by atoms with Crippen LogP contribution in [0.15, 0.2) is 48.5 Å². The Balaban J connectivity index is 1.56. The van der Waals surface area contributed by atoms with Gasteiger partial charge in [-0.2, -0.15) is 13.2 Å². The minimum absolute atomic E-state index is 0.0438.